The lowest BCUT2D eigenvalue weighted by atomic mass is 9.95. The molecule has 1 aliphatic rings. The number of carbonyl (C=O) groups is 2. The molecule has 1 N–H and O–H groups in total. The topological polar surface area (TPSA) is 58.6 Å². The van der Waals surface area contributed by atoms with Crippen molar-refractivity contribution in [1.29, 1.82) is 0 Å². The summed E-state index contributed by atoms with van der Waals surface area (Å²) in [5.41, 5.74) is 2.02. The van der Waals surface area contributed by atoms with Gasteiger partial charge in [0.15, 0.2) is 0 Å². The quantitative estimate of drug-likeness (QED) is 0.894. The van der Waals surface area contributed by atoms with Crippen LogP contribution in [0.15, 0.2) is 42.5 Å². The first-order chi connectivity index (χ1) is 13.0. The molecule has 5 nitrogen and oxygen atoms in total. The van der Waals surface area contributed by atoms with Crippen molar-refractivity contribution in [3.63, 3.8) is 0 Å². The summed E-state index contributed by atoms with van der Waals surface area (Å²) in [4.78, 5) is 26.8. The minimum atomic E-state index is -0.429. The van der Waals surface area contributed by atoms with E-state index in [-0.39, 0.29) is 17.7 Å². The van der Waals surface area contributed by atoms with Crippen molar-refractivity contribution in [2.24, 2.45) is 5.92 Å². The molecular formula is C21H23FN2O3. The van der Waals surface area contributed by atoms with E-state index in [2.05, 4.69) is 5.32 Å². The number of hydrogen-bond acceptors (Lipinski definition) is 3. The van der Waals surface area contributed by atoms with Gasteiger partial charge in [-0.25, -0.2) is 4.39 Å². The number of nitrogens with zero attached hydrogens (tertiary/aromatic N) is 1. The molecule has 3 rings (SSSR count). The number of aryl methyl sites for hydroxylation is 1. The van der Waals surface area contributed by atoms with E-state index >= 15 is 0 Å². The number of halogens is 1. The predicted octanol–water partition coefficient (Wildman–Crippen LogP) is 3.63. The highest BCUT2D eigenvalue weighted by Gasteiger charge is 2.28. The maximum absolute atomic E-state index is 13.3. The molecule has 2 aromatic carbocycles. The first-order valence-electron chi connectivity index (χ1n) is 8.98. The monoisotopic (exact) mass is 370 g/mol. The zero-order valence-electron chi connectivity index (χ0n) is 15.5. The second-order valence-corrected chi connectivity index (χ2v) is 6.77. The van der Waals surface area contributed by atoms with Crippen LogP contribution in [0.4, 0.5) is 10.1 Å². The fourth-order valence-corrected chi connectivity index (χ4v) is 3.30. The van der Waals surface area contributed by atoms with E-state index in [0.29, 0.717) is 42.9 Å². The van der Waals surface area contributed by atoms with Gasteiger partial charge in [-0.05, 0) is 55.7 Å². The average molecular weight is 370 g/mol. The number of hydrogen-bond donors (Lipinski definition) is 1. The van der Waals surface area contributed by atoms with Crippen molar-refractivity contribution in [2.75, 3.05) is 25.5 Å². The van der Waals surface area contributed by atoms with Crippen LogP contribution in [0, 0.1) is 18.7 Å². The van der Waals surface area contributed by atoms with Gasteiger partial charge in [0.1, 0.15) is 11.6 Å². The van der Waals surface area contributed by atoms with Crippen LogP contribution in [0.2, 0.25) is 0 Å². The maximum Gasteiger partial charge on any atom is 0.253 e. The van der Waals surface area contributed by atoms with Crippen LogP contribution >= 0.6 is 0 Å². The molecule has 1 heterocycles. The fraction of sp³-hybridized carbons (Fsp3) is 0.333. The van der Waals surface area contributed by atoms with Gasteiger partial charge in [0.05, 0.1) is 12.8 Å². The third-order valence-corrected chi connectivity index (χ3v) is 4.84. The molecule has 0 unspecified atom stereocenters. The van der Waals surface area contributed by atoms with Gasteiger partial charge in [-0.3, -0.25) is 9.59 Å². The Labute approximate surface area is 158 Å². The zero-order valence-corrected chi connectivity index (χ0v) is 15.5. The summed E-state index contributed by atoms with van der Waals surface area (Å²) in [5, 5.41) is 2.94. The highest BCUT2D eigenvalue weighted by molar-refractivity contribution is 5.96. The van der Waals surface area contributed by atoms with Crippen molar-refractivity contribution in [1.82, 2.24) is 4.90 Å². The number of rotatable bonds is 4. The van der Waals surface area contributed by atoms with Crippen LogP contribution in [-0.2, 0) is 4.79 Å². The number of carbonyl (C=O) groups excluding carboxylic acids is 2. The summed E-state index contributed by atoms with van der Waals surface area (Å²) < 4.78 is 18.6. The molecule has 2 aromatic rings. The molecule has 142 valence electrons. The third kappa shape index (κ3) is 4.45. The second kappa shape index (κ2) is 8.20. The number of nitrogens with one attached hydrogen (secondary N) is 1. The SMILES string of the molecule is COc1ccc(C)cc1NC(=O)C1CCN(C(=O)c2cccc(F)c2)CC1. The van der Waals surface area contributed by atoms with Crippen LogP contribution in [-0.4, -0.2) is 36.9 Å². The van der Waals surface area contributed by atoms with Gasteiger partial charge in [0.2, 0.25) is 5.91 Å². The number of anilines is 1. The molecule has 1 aliphatic heterocycles. The molecule has 0 spiro atoms. The Bertz CT molecular complexity index is 845. The molecule has 0 aliphatic carbocycles. The summed E-state index contributed by atoms with van der Waals surface area (Å²) >= 11 is 0. The van der Waals surface area contributed by atoms with Crippen LogP contribution in [0.25, 0.3) is 0 Å². The first-order valence-corrected chi connectivity index (χ1v) is 8.98. The standard InChI is InChI=1S/C21H23FN2O3/c1-14-6-7-19(27-2)18(12-14)23-20(25)15-8-10-24(11-9-15)21(26)16-4-3-5-17(22)13-16/h3-7,12-13,15H,8-11H2,1-2H3,(H,23,25). The number of benzene rings is 2. The minimum Gasteiger partial charge on any atom is -0.495 e. The summed E-state index contributed by atoms with van der Waals surface area (Å²) in [6, 6.07) is 11.3. The Morgan fingerprint density at radius 3 is 2.56 bits per heavy atom. The van der Waals surface area contributed by atoms with Crippen molar-refractivity contribution in [2.45, 2.75) is 19.8 Å². The average Bonchev–Trinajstić information content (AvgIpc) is 2.67. The molecule has 1 fully saturated rings. The fourth-order valence-electron chi connectivity index (χ4n) is 3.30. The van der Waals surface area contributed by atoms with E-state index in [1.54, 1.807) is 18.1 Å². The lowest BCUT2D eigenvalue weighted by molar-refractivity contribution is -0.121. The van der Waals surface area contributed by atoms with Gasteiger partial charge in [0, 0.05) is 24.6 Å². The highest BCUT2D eigenvalue weighted by Crippen LogP contribution is 2.27. The van der Waals surface area contributed by atoms with Crippen molar-refractivity contribution >= 4 is 17.5 Å². The molecule has 27 heavy (non-hydrogen) atoms. The largest absolute Gasteiger partial charge is 0.495 e. The Morgan fingerprint density at radius 1 is 1.15 bits per heavy atom. The summed E-state index contributed by atoms with van der Waals surface area (Å²) in [7, 11) is 1.57. The number of ether oxygens (including phenoxy) is 1. The lowest BCUT2D eigenvalue weighted by Gasteiger charge is -2.31. The van der Waals surface area contributed by atoms with Crippen molar-refractivity contribution < 1.29 is 18.7 Å². The second-order valence-electron chi connectivity index (χ2n) is 6.77. The van der Waals surface area contributed by atoms with E-state index in [9.17, 15) is 14.0 Å². The third-order valence-electron chi connectivity index (χ3n) is 4.84. The Balaban J connectivity index is 1.60. The summed E-state index contributed by atoms with van der Waals surface area (Å²) in [6.45, 7) is 2.89. The smallest absolute Gasteiger partial charge is 0.253 e. The normalized spacial score (nSPS) is 14.7. The minimum absolute atomic E-state index is 0.0724. The molecule has 0 radical (unpaired) electrons. The predicted molar refractivity (Wildman–Crippen MR) is 101 cm³/mol. The highest BCUT2D eigenvalue weighted by atomic mass is 19.1. The van der Waals surface area contributed by atoms with E-state index in [1.807, 2.05) is 25.1 Å². The molecule has 2 amide bonds. The van der Waals surface area contributed by atoms with Gasteiger partial charge in [-0.15, -0.1) is 0 Å². The Morgan fingerprint density at radius 2 is 1.89 bits per heavy atom. The number of methoxy groups -OCH3 is 1. The van der Waals surface area contributed by atoms with E-state index in [1.165, 1.54) is 18.2 Å². The Hall–Kier alpha value is -2.89. The van der Waals surface area contributed by atoms with Gasteiger partial charge in [-0.1, -0.05) is 12.1 Å². The van der Waals surface area contributed by atoms with E-state index in [4.69, 9.17) is 4.74 Å². The molecular weight excluding hydrogens is 347 g/mol. The maximum atomic E-state index is 13.3. The summed E-state index contributed by atoms with van der Waals surface area (Å²) in [6.07, 6.45) is 1.14. The van der Waals surface area contributed by atoms with Crippen LogP contribution in [0.3, 0.4) is 0 Å². The molecule has 0 aromatic heterocycles. The van der Waals surface area contributed by atoms with E-state index in [0.717, 1.165) is 5.56 Å². The van der Waals surface area contributed by atoms with Gasteiger partial charge in [0.25, 0.3) is 5.91 Å². The zero-order chi connectivity index (χ0) is 19.4. The van der Waals surface area contributed by atoms with Crippen LogP contribution < -0.4 is 10.1 Å². The lowest BCUT2D eigenvalue weighted by Crippen LogP contribution is -2.41. The van der Waals surface area contributed by atoms with Gasteiger partial charge in [-0.2, -0.15) is 0 Å². The molecule has 6 heteroatoms. The van der Waals surface area contributed by atoms with Crippen LogP contribution in [0.1, 0.15) is 28.8 Å². The van der Waals surface area contributed by atoms with Crippen molar-refractivity contribution in [3.05, 3.63) is 59.4 Å². The Kier molecular flexibility index (Phi) is 5.74. The molecule has 1 saturated heterocycles. The van der Waals surface area contributed by atoms with Gasteiger partial charge < -0.3 is 15.0 Å². The van der Waals surface area contributed by atoms with Gasteiger partial charge >= 0.3 is 0 Å². The first kappa shape index (κ1) is 18.9. The van der Waals surface area contributed by atoms with E-state index < -0.39 is 5.82 Å². The molecule has 0 saturated carbocycles. The number of likely N-dealkylation sites (tertiary alicyclic amines) is 1. The molecule has 0 atom stereocenters. The number of amides is 2. The molecule has 0 bridgehead atoms. The van der Waals surface area contributed by atoms with Crippen molar-refractivity contribution in [3.8, 4) is 5.75 Å². The summed E-state index contributed by atoms with van der Waals surface area (Å²) in [5.74, 6) is -0.257. The number of piperidine rings is 1. The van der Waals surface area contributed by atoms with Crippen LogP contribution in [0.5, 0.6) is 5.75 Å².